The van der Waals surface area contributed by atoms with Gasteiger partial charge in [-0.2, -0.15) is 0 Å². The van der Waals surface area contributed by atoms with Crippen molar-refractivity contribution >= 4 is 21.6 Å². The van der Waals surface area contributed by atoms with E-state index in [0.29, 0.717) is 24.2 Å². The zero-order valence-electron chi connectivity index (χ0n) is 14.3. The van der Waals surface area contributed by atoms with Crippen LogP contribution in [0.5, 0.6) is 0 Å². The summed E-state index contributed by atoms with van der Waals surface area (Å²) in [6, 6.07) is 7.14. The molecule has 0 unspecified atom stereocenters. The second-order valence-corrected chi connectivity index (χ2v) is 8.55. The Kier molecular flexibility index (Phi) is 5.34. The van der Waals surface area contributed by atoms with E-state index in [1.165, 1.54) is 4.31 Å². The molecule has 0 aromatic heterocycles. The summed E-state index contributed by atoms with van der Waals surface area (Å²) >= 11 is 0. The van der Waals surface area contributed by atoms with Gasteiger partial charge in [0.25, 0.3) is 5.91 Å². The van der Waals surface area contributed by atoms with Crippen LogP contribution in [0.1, 0.15) is 50.9 Å². The van der Waals surface area contributed by atoms with E-state index in [1.807, 2.05) is 32.6 Å². The highest BCUT2D eigenvalue weighted by molar-refractivity contribution is 7.92. The van der Waals surface area contributed by atoms with Crippen molar-refractivity contribution in [1.29, 1.82) is 0 Å². The summed E-state index contributed by atoms with van der Waals surface area (Å²) in [6.45, 7) is 8.48. The van der Waals surface area contributed by atoms with Gasteiger partial charge >= 0.3 is 0 Å². The molecule has 5 nitrogen and oxygen atoms in total. The highest BCUT2D eigenvalue weighted by Gasteiger charge is 2.26. The molecule has 1 aliphatic heterocycles. The molecule has 2 rings (SSSR count). The molecular weight excluding hydrogens is 312 g/mol. The lowest BCUT2D eigenvalue weighted by atomic mass is 10.1. The number of carbonyl (C=O) groups excluding carboxylic acids is 1. The maximum absolute atomic E-state index is 12.6. The second kappa shape index (κ2) is 6.91. The predicted octanol–water partition coefficient (Wildman–Crippen LogP) is 2.88. The Morgan fingerprint density at radius 1 is 1.04 bits per heavy atom. The van der Waals surface area contributed by atoms with Crippen LogP contribution in [0.25, 0.3) is 0 Å². The molecule has 1 amide bonds. The summed E-state index contributed by atoms with van der Waals surface area (Å²) in [7, 11) is -3.21. The topological polar surface area (TPSA) is 57.7 Å². The molecule has 1 fully saturated rings. The molecular formula is C17H26N2O3S. The van der Waals surface area contributed by atoms with Crippen LogP contribution in [0.3, 0.4) is 0 Å². The van der Waals surface area contributed by atoms with Gasteiger partial charge in [-0.3, -0.25) is 9.10 Å². The molecule has 1 aliphatic rings. The van der Waals surface area contributed by atoms with Gasteiger partial charge in [-0.25, -0.2) is 8.42 Å². The molecule has 1 heterocycles. The number of carbonyl (C=O) groups is 1. The van der Waals surface area contributed by atoms with Crippen molar-refractivity contribution in [3.8, 4) is 0 Å². The molecule has 1 saturated heterocycles. The van der Waals surface area contributed by atoms with Crippen LogP contribution in [0.2, 0.25) is 0 Å². The fraction of sp³-hybridized carbons (Fsp3) is 0.588. The van der Waals surface area contributed by atoms with E-state index >= 15 is 0 Å². The van der Waals surface area contributed by atoms with E-state index in [1.54, 1.807) is 24.3 Å². The fourth-order valence-electron chi connectivity index (χ4n) is 3.06. The highest BCUT2D eigenvalue weighted by atomic mass is 32.2. The van der Waals surface area contributed by atoms with Crippen molar-refractivity contribution in [3.05, 3.63) is 29.8 Å². The molecule has 0 bridgehead atoms. The summed E-state index contributed by atoms with van der Waals surface area (Å²) in [5.74, 6) is 0.172. The average Bonchev–Trinajstić information content (AvgIpc) is 2.46. The fourth-order valence-corrected chi connectivity index (χ4v) is 4.70. The Bertz CT molecular complexity index is 643. The molecule has 0 saturated carbocycles. The number of hydrogen-bond acceptors (Lipinski definition) is 3. The first-order valence-electron chi connectivity index (χ1n) is 8.17. The van der Waals surface area contributed by atoms with E-state index in [9.17, 15) is 13.2 Å². The average molecular weight is 338 g/mol. The third-order valence-electron chi connectivity index (χ3n) is 4.10. The standard InChI is InChI=1S/C17H26N2O3S/c1-13(2)19(14(3)4)17(20)15-7-9-16(10-8-15)18-11-5-6-12-23(18,21)22/h7-10,13-14H,5-6,11-12H2,1-4H3. The van der Waals surface area contributed by atoms with Gasteiger partial charge in [0.1, 0.15) is 0 Å². The normalized spacial score (nSPS) is 17.6. The van der Waals surface area contributed by atoms with Gasteiger partial charge in [-0.1, -0.05) is 0 Å². The Morgan fingerprint density at radius 3 is 2.09 bits per heavy atom. The van der Waals surface area contributed by atoms with E-state index in [4.69, 9.17) is 0 Å². The lowest BCUT2D eigenvalue weighted by Gasteiger charge is -2.31. The van der Waals surface area contributed by atoms with Crippen molar-refractivity contribution in [2.75, 3.05) is 16.6 Å². The number of anilines is 1. The number of hydrogen-bond donors (Lipinski definition) is 0. The quantitative estimate of drug-likeness (QED) is 0.848. The van der Waals surface area contributed by atoms with Gasteiger partial charge < -0.3 is 4.90 Å². The minimum atomic E-state index is -3.21. The molecule has 0 aliphatic carbocycles. The van der Waals surface area contributed by atoms with Crippen molar-refractivity contribution in [1.82, 2.24) is 4.90 Å². The van der Waals surface area contributed by atoms with Gasteiger partial charge in [-0.05, 0) is 64.8 Å². The Balaban J connectivity index is 2.24. The summed E-state index contributed by atoms with van der Waals surface area (Å²) in [5.41, 5.74) is 1.23. The van der Waals surface area contributed by atoms with E-state index in [2.05, 4.69) is 0 Å². The second-order valence-electron chi connectivity index (χ2n) is 6.54. The zero-order valence-corrected chi connectivity index (χ0v) is 15.1. The van der Waals surface area contributed by atoms with E-state index in [-0.39, 0.29) is 23.7 Å². The van der Waals surface area contributed by atoms with Gasteiger partial charge in [0, 0.05) is 24.2 Å². The van der Waals surface area contributed by atoms with Crippen LogP contribution >= 0.6 is 0 Å². The molecule has 1 aromatic rings. The van der Waals surface area contributed by atoms with Crippen molar-refractivity contribution in [2.45, 2.75) is 52.6 Å². The maximum Gasteiger partial charge on any atom is 0.254 e. The molecule has 23 heavy (non-hydrogen) atoms. The van der Waals surface area contributed by atoms with Crippen LogP contribution in [0.4, 0.5) is 5.69 Å². The molecule has 128 valence electrons. The SMILES string of the molecule is CC(C)N(C(=O)c1ccc(N2CCCCS2(=O)=O)cc1)C(C)C. The van der Waals surface area contributed by atoms with Crippen molar-refractivity contribution in [3.63, 3.8) is 0 Å². The van der Waals surface area contributed by atoms with Crippen LogP contribution in [0, 0.1) is 0 Å². The van der Waals surface area contributed by atoms with E-state index in [0.717, 1.165) is 6.42 Å². The molecule has 0 N–H and O–H groups in total. The number of benzene rings is 1. The Labute approximate surface area is 139 Å². The smallest absolute Gasteiger partial charge is 0.254 e. The third-order valence-corrected chi connectivity index (χ3v) is 5.97. The molecule has 0 spiro atoms. The minimum absolute atomic E-state index is 0.0250. The summed E-state index contributed by atoms with van der Waals surface area (Å²) < 4.78 is 25.7. The lowest BCUT2D eigenvalue weighted by molar-refractivity contribution is 0.0644. The summed E-state index contributed by atoms with van der Waals surface area (Å²) in [5, 5.41) is 0. The summed E-state index contributed by atoms with van der Waals surface area (Å²) in [4.78, 5) is 14.5. The maximum atomic E-state index is 12.6. The van der Waals surface area contributed by atoms with Crippen molar-refractivity contribution in [2.24, 2.45) is 0 Å². The molecule has 1 aromatic carbocycles. The largest absolute Gasteiger partial charge is 0.334 e. The number of rotatable bonds is 4. The highest BCUT2D eigenvalue weighted by Crippen LogP contribution is 2.24. The van der Waals surface area contributed by atoms with Crippen LogP contribution in [0.15, 0.2) is 24.3 Å². The van der Waals surface area contributed by atoms with Crippen molar-refractivity contribution < 1.29 is 13.2 Å². The predicted molar refractivity (Wildman–Crippen MR) is 93.3 cm³/mol. The Hall–Kier alpha value is -1.56. The van der Waals surface area contributed by atoms with Crippen LogP contribution in [-0.4, -0.2) is 43.6 Å². The Morgan fingerprint density at radius 2 is 1.61 bits per heavy atom. The van der Waals surface area contributed by atoms with Gasteiger partial charge in [0.2, 0.25) is 10.0 Å². The third kappa shape index (κ3) is 3.86. The number of nitrogens with zero attached hydrogens (tertiary/aromatic N) is 2. The number of amides is 1. The first-order valence-corrected chi connectivity index (χ1v) is 9.78. The monoisotopic (exact) mass is 338 g/mol. The zero-order chi connectivity index (χ0) is 17.2. The lowest BCUT2D eigenvalue weighted by Crippen LogP contribution is -2.42. The van der Waals surface area contributed by atoms with Gasteiger partial charge in [0.15, 0.2) is 0 Å². The number of sulfonamides is 1. The first-order chi connectivity index (χ1) is 10.7. The van der Waals surface area contributed by atoms with Gasteiger partial charge in [0.05, 0.1) is 11.4 Å². The summed E-state index contributed by atoms with van der Waals surface area (Å²) in [6.07, 6.45) is 1.58. The molecule has 6 heteroatoms. The van der Waals surface area contributed by atoms with Crippen LogP contribution in [-0.2, 0) is 10.0 Å². The van der Waals surface area contributed by atoms with Gasteiger partial charge in [-0.15, -0.1) is 0 Å². The van der Waals surface area contributed by atoms with E-state index < -0.39 is 10.0 Å². The minimum Gasteiger partial charge on any atom is -0.334 e. The first kappa shape index (κ1) is 17.8. The molecule has 0 atom stereocenters. The van der Waals surface area contributed by atoms with Crippen LogP contribution < -0.4 is 4.31 Å². The molecule has 0 radical (unpaired) electrons.